The second kappa shape index (κ2) is 3.60. The summed E-state index contributed by atoms with van der Waals surface area (Å²) >= 11 is 4.99. The maximum absolute atomic E-state index is 8.62. The molecule has 2 rings (SSSR count). The molecule has 0 aliphatic rings. The molecule has 2 nitrogen and oxygen atoms in total. The summed E-state index contributed by atoms with van der Waals surface area (Å²) < 4.78 is 2.15. The third kappa shape index (κ3) is 1.49. The summed E-state index contributed by atoms with van der Waals surface area (Å²) in [5.74, 6) is 0. The largest absolute Gasteiger partial charge is 0.397 e. The Morgan fingerprint density at radius 1 is 1.50 bits per heavy atom. The summed E-state index contributed by atoms with van der Waals surface area (Å²) in [4.78, 5) is 0.959. The number of nitrogens with two attached hydrogens (primary N) is 1. The summed E-state index contributed by atoms with van der Waals surface area (Å²) in [7, 11) is 0. The van der Waals surface area contributed by atoms with Gasteiger partial charge in [0, 0.05) is 19.4 Å². The fourth-order valence-electron chi connectivity index (χ4n) is 1.34. The number of thiophene rings is 1. The predicted octanol–water partition coefficient (Wildman–Crippen LogP) is 3.31. The molecular formula is C10H7BrN2S. The molecule has 0 fully saturated rings. The molecule has 0 aliphatic heterocycles. The molecule has 0 spiro atoms. The van der Waals surface area contributed by atoms with Crippen molar-refractivity contribution in [3.8, 4) is 6.07 Å². The number of fused-ring (bicyclic) bond motifs is 1. The van der Waals surface area contributed by atoms with Gasteiger partial charge in [0.1, 0.15) is 0 Å². The predicted molar refractivity (Wildman–Crippen MR) is 63.3 cm³/mol. The molecule has 1 heterocycles. The first kappa shape index (κ1) is 9.50. The smallest absolute Gasteiger partial charge is 0.0716 e. The van der Waals surface area contributed by atoms with E-state index in [-0.39, 0.29) is 0 Å². The van der Waals surface area contributed by atoms with Crippen LogP contribution in [-0.4, -0.2) is 0 Å². The van der Waals surface area contributed by atoms with Crippen molar-refractivity contribution in [1.82, 2.24) is 0 Å². The van der Waals surface area contributed by atoms with Crippen molar-refractivity contribution in [2.75, 3.05) is 5.73 Å². The highest BCUT2D eigenvalue weighted by Crippen LogP contribution is 2.35. The van der Waals surface area contributed by atoms with E-state index in [0.29, 0.717) is 6.42 Å². The van der Waals surface area contributed by atoms with Crippen molar-refractivity contribution < 1.29 is 0 Å². The number of benzene rings is 1. The Balaban J connectivity index is 2.69. The Bertz CT molecular complexity index is 525. The highest BCUT2D eigenvalue weighted by Gasteiger charge is 2.08. The van der Waals surface area contributed by atoms with E-state index in [9.17, 15) is 0 Å². The van der Waals surface area contributed by atoms with Crippen LogP contribution in [0.4, 0.5) is 5.69 Å². The normalized spacial score (nSPS) is 10.3. The van der Waals surface area contributed by atoms with E-state index in [0.717, 1.165) is 25.1 Å². The van der Waals surface area contributed by atoms with E-state index in [1.807, 2.05) is 18.2 Å². The second-order valence-electron chi connectivity index (χ2n) is 2.91. The van der Waals surface area contributed by atoms with E-state index in [4.69, 9.17) is 11.0 Å². The van der Waals surface area contributed by atoms with Gasteiger partial charge in [0.2, 0.25) is 0 Å². The van der Waals surface area contributed by atoms with Gasteiger partial charge in [0.05, 0.1) is 18.2 Å². The van der Waals surface area contributed by atoms with E-state index >= 15 is 0 Å². The van der Waals surface area contributed by atoms with Crippen LogP contribution >= 0.6 is 27.3 Å². The zero-order chi connectivity index (χ0) is 10.1. The maximum atomic E-state index is 8.62. The van der Waals surface area contributed by atoms with Crippen LogP contribution in [0.2, 0.25) is 0 Å². The molecule has 0 bridgehead atoms. The van der Waals surface area contributed by atoms with Crippen LogP contribution in [0.3, 0.4) is 0 Å². The highest BCUT2D eigenvalue weighted by atomic mass is 79.9. The first-order valence-electron chi connectivity index (χ1n) is 4.05. The second-order valence-corrected chi connectivity index (χ2v) is 4.97. The third-order valence-corrected chi connectivity index (χ3v) is 3.68. The molecule has 14 heavy (non-hydrogen) atoms. The number of anilines is 1. The van der Waals surface area contributed by atoms with Crippen LogP contribution in [0.5, 0.6) is 0 Å². The van der Waals surface area contributed by atoms with Crippen molar-refractivity contribution in [1.29, 1.82) is 5.26 Å². The fourth-order valence-corrected chi connectivity index (χ4v) is 2.74. The van der Waals surface area contributed by atoms with Crippen molar-refractivity contribution in [2.45, 2.75) is 6.42 Å². The number of halogens is 1. The van der Waals surface area contributed by atoms with Crippen molar-refractivity contribution in [3.63, 3.8) is 0 Å². The molecule has 0 saturated carbocycles. The molecule has 2 N–H and O–H groups in total. The molecule has 0 atom stereocenters. The van der Waals surface area contributed by atoms with Crippen LogP contribution in [0.25, 0.3) is 10.1 Å². The molecule has 0 aliphatic carbocycles. The van der Waals surface area contributed by atoms with Crippen LogP contribution in [0.1, 0.15) is 4.88 Å². The molecule has 1 aromatic carbocycles. The maximum Gasteiger partial charge on any atom is 0.0716 e. The van der Waals surface area contributed by atoms with Gasteiger partial charge in [0.25, 0.3) is 0 Å². The zero-order valence-corrected chi connectivity index (χ0v) is 9.65. The summed E-state index contributed by atoms with van der Waals surface area (Å²) in [6.07, 6.45) is 0.392. The number of rotatable bonds is 1. The minimum absolute atomic E-state index is 0.392. The van der Waals surface area contributed by atoms with Gasteiger partial charge in [-0.15, -0.1) is 11.3 Å². The van der Waals surface area contributed by atoms with Crippen LogP contribution < -0.4 is 5.73 Å². The average Bonchev–Trinajstić information content (AvgIpc) is 2.46. The molecule has 0 unspecified atom stereocenters. The Hall–Kier alpha value is -1.05. The first-order valence-corrected chi connectivity index (χ1v) is 5.66. The van der Waals surface area contributed by atoms with Gasteiger partial charge in [-0.25, -0.2) is 0 Å². The minimum atomic E-state index is 0.392. The molecule has 4 heteroatoms. The lowest BCUT2D eigenvalue weighted by atomic mass is 10.2. The third-order valence-electron chi connectivity index (χ3n) is 2.00. The lowest BCUT2D eigenvalue weighted by Crippen LogP contribution is -1.87. The van der Waals surface area contributed by atoms with Gasteiger partial charge in [-0.1, -0.05) is 15.9 Å². The zero-order valence-electron chi connectivity index (χ0n) is 7.25. The molecular weight excluding hydrogens is 260 g/mol. The van der Waals surface area contributed by atoms with Crippen LogP contribution in [0, 0.1) is 11.3 Å². The lowest BCUT2D eigenvalue weighted by molar-refractivity contribution is 1.32. The highest BCUT2D eigenvalue weighted by molar-refractivity contribution is 9.10. The molecule has 0 radical (unpaired) electrons. The molecule has 2 aromatic rings. The summed E-state index contributed by atoms with van der Waals surface area (Å²) in [5.41, 5.74) is 6.68. The topological polar surface area (TPSA) is 49.8 Å². The number of nitriles is 1. The fraction of sp³-hybridized carbons (Fsp3) is 0.100. The summed E-state index contributed by atoms with van der Waals surface area (Å²) in [6, 6.07) is 8.10. The van der Waals surface area contributed by atoms with E-state index < -0.39 is 0 Å². The van der Waals surface area contributed by atoms with E-state index in [1.54, 1.807) is 11.3 Å². The minimum Gasteiger partial charge on any atom is -0.397 e. The summed E-state index contributed by atoms with van der Waals surface area (Å²) in [6.45, 7) is 0. The number of nitrogen functional groups attached to an aromatic ring is 1. The molecule has 0 saturated heterocycles. The average molecular weight is 267 g/mol. The van der Waals surface area contributed by atoms with Crippen LogP contribution in [0.15, 0.2) is 22.7 Å². The van der Waals surface area contributed by atoms with Gasteiger partial charge < -0.3 is 5.73 Å². The van der Waals surface area contributed by atoms with Gasteiger partial charge >= 0.3 is 0 Å². The number of hydrogen-bond acceptors (Lipinski definition) is 3. The van der Waals surface area contributed by atoms with Crippen molar-refractivity contribution in [2.24, 2.45) is 0 Å². The first-order chi connectivity index (χ1) is 6.72. The Morgan fingerprint density at radius 3 is 3.00 bits per heavy atom. The quantitative estimate of drug-likeness (QED) is 0.861. The van der Waals surface area contributed by atoms with Gasteiger partial charge in [-0.2, -0.15) is 5.26 Å². The molecule has 0 amide bonds. The van der Waals surface area contributed by atoms with Gasteiger partial charge in [-0.3, -0.25) is 0 Å². The van der Waals surface area contributed by atoms with Gasteiger partial charge in [0.15, 0.2) is 0 Å². The van der Waals surface area contributed by atoms with Crippen molar-refractivity contribution in [3.05, 3.63) is 27.5 Å². The number of hydrogen-bond donors (Lipinski definition) is 1. The Labute approximate surface area is 94.1 Å². The van der Waals surface area contributed by atoms with Crippen molar-refractivity contribution >= 4 is 43.0 Å². The Morgan fingerprint density at radius 2 is 2.29 bits per heavy atom. The number of nitrogens with zero attached hydrogens (tertiary/aromatic N) is 1. The lowest BCUT2D eigenvalue weighted by Gasteiger charge is -1.93. The van der Waals surface area contributed by atoms with Gasteiger partial charge in [-0.05, 0) is 18.2 Å². The van der Waals surface area contributed by atoms with Crippen LogP contribution in [-0.2, 0) is 6.42 Å². The monoisotopic (exact) mass is 266 g/mol. The standard InChI is InChI=1S/C10H7BrN2S/c11-6-1-2-8-7(5-6)10(13)9(14-8)3-4-12/h1-2,5H,3,13H2. The molecule has 70 valence electrons. The molecule has 1 aromatic heterocycles. The van der Waals surface area contributed by atoms with E-state index in [2.05, 4.69) is 22.0 Å². The SMILES string of the molecule is N#CCc1sc2ccc(Br)cc2c1N. The van der Waals surface area contributed by atoms with E-state index in [1.165, 1.54) is 0 Å². The summed E-state index contributed by atoms with van der Waals surface area (Å²) in [5, 5.41) is 9.65. The Kier molecular flexibility index (Phi) is 2.44.